The molecule has 74 valence electrons. The Bertz CT molecular complexity index is 200. The van der Waals surface area contributed by atoms with Crippen molar-refractivity contribution in [1.29, 1.82) is 0 Å². The van der Waals surface area contributed by atoms with E-state index in [0.29, 0.717) is 0 Å². The molecule has 0 heterocycles. The number of hydrogen-bond donors (Lipinski definition) is 0. The summed E-state index contributed by atoms with van der Waals surface area (Å²) in [7, 11) is 0. The van der Waals surface area contributed by atoms with Gasteiger partial charge in [-0.2, -0.15) is 0 Å². The van der Waals surface area contributed by atoms with Gasteiger partial charge in [0.2, 0.25) is 0 Å². The van der Waals surface area contributed by atoms with Crippen molar-refractivity contribution >= 4 is 0 Å². The van der Waals surface area contributed by atoms with E-state index in [9.17, 15) is 0 Å². The average molecular weight is 178 g/mol. The molecular formula is C13H22. The fourth-order valence-corrected chi connectivity index (χ4v) is 1.04. The smallest absolute Gasteiger partial charge is 0.0285 e. The molecule has 0 aliphatic rings. The summed E-state index contributed by atoms with van der Waals surface area (Å²) in [4.78, 5) is 0. The third-order valence-corrected chi connectivity index (χ3v) is 1.84. The monoisotopic (exact) mass is 178 g/mol. The molecule has 0 unspecified atom stereocenters. The zero-order valence-corrected chi connectivity index (χ0v) is 9.43. The summed E-state index contributed by atoms with van der Waals surface area (Å²) in [5, 5.41) is 0. The van der Waals surface area contributed by atoms with Crippen molar-refractivity contribution in [3.8, 4) is 0 Å². The van der Waals surface area contributed by atoms with Gasteiger partial charge in [0.15, 0.2) is 0 Å². The van der Waals surface area contributed by atoms with Crippen molar-refractivity contribution < 1.29 is 0 Å². The second-order valence-electron chi connectivity index (χ2n) is 3.67. The van der Waals surface area contributed by atoms with Crippen molar-refractivity contribution in [2.45, 2.75) is 47.0 Å². The second-order valence-corrected chi connectivity index (χ2v) is 3.67. The first-order chi connectivity index (χ1) is 6.16. The first kappa shape index (κ1) is 12.2. The summed E-state index contributed by atoms with van der Waals surface area (Å²) in [5.41, 5.74) is 2.87. The van der Waals surface area contributed by atoms with Gasteiger partial charge in [0.05, 0.1) is 0 Å². The highest BCUT2D eigenvalue weighted by molar-refractivity contribution is 5.11. The Balaban J connectivity index is 3.73. The minimum absolute atomic E-state index is 1.12. The molecule has 0 aliphatic heterocycles. The molecule has 0 rings (SSSR count). The molecule has 0 bridgehead atoms. The predicted molar refractivity (Wildman–Crippen MR) is 61.9 cm³/mol. The van der Waals surface area contributed by atoms with Crippen LogP contribution in [0.15, 0.2) is 35.5 Å². The second kappa shape index (κ2) is 7.85. The quantitative estimate of drug-likeness (QED) is 0.425. The first-order valence-corrected chi connectivity index (χ1v) is 5.12. The molecule has 0 fully saturated rings. The van der Waals surface area contributed by atoms with E-state index in [-0.39, 0.29) is 0 Å². The van der Waals surface area contributed by atoms with E-state index >= 15 is 0 Å². The highest BCUT2D eigenvalue weighted by Gasteiger charge is 1.86. The van der Waals surface area contributed by atoms with Crippen LogP contribution >= 0.6 is 0 Å². The molecule has 0 radical (unpaired) electrons. The Kier molecular flexibility index (Phi) is 7.38. The van der Waals surface area contributed by atoms with Gasteiger partial charge in [0.1, 0.15) is 0 Å². The zero-order chi connectivity index (χ0) is 10.1. The topological polar surface area (TPSA) is 0 Å². The molecule has 13 heavy (non-hydrogen) atoms. The van der Waals surface area contributed by atoms with Gasteiger partial charge >= 0.3 is 0 Å². The van der Waals surface area contributed by atoms with Crippen LogP contribution in [0.4, 0.5) is 0 Å². The van der Waals surface area contributed by atoms with Gasteiger partial charge in [-0.1, -0.05) is 42.4 Å². The van der Waals surface area contributed by atoms with Crippen LogP contribution in [0.2, 0.25) is 0 Å². The molecule has 0 N–H and O–H groups in total. The van der Waals surface area contributed by atoms with Gasteiger partial charge in [0, 0.05) is 0 Å². The summed E-state index contributed by atoms with van der Waals surface area (Å²) in [5.74, 6) is 0. The summed E-state index contributed by atoms with van der Waals surface area (Å²) in [6.07, 6.45) is 12.3. The lowest BCUT2D eigenvalue weighted by Gasteiger charge is -1.96. The summed E-state index contributed by atoms with van der Waals surface area (Å²) in [6.45, 7) is 8.65. The molecule has 0 aromatic heterocycles. The molecule has 0 aliphatic carbocycles. The van der Waals surface area contributed by atoms with Crippen LogP contribution < -0.4 is 0 Å². The Morgan fingerprint density at radius 1 is 1.15 bits per heavy atom. The van der Waals surface area contributed by atoms with E-state index in [1.165, 1.54) is 24.0 Å². The van der Waals surface area contributed by atoms with Crippen LogP contribution in [0.1, 0.15) is 47.0 Å². The fourth-order valence-electron chi connectivity index (χ4n) is 1.04. The number of allylic oxidation sites excluding steroid dienone is 6. The number of hydrogen-bond acceptors (Lipinski definition) is 0. The molecule has 0 heteroatoms. The highest BCUT2D eigenvalue weighted by Crippen LogP contribution is 2.06. The Labute approximate surface area is 83.0 Å². The molecule has 0 spiro atoms. The summed E-state index contributed by atoms with van der Waals surface area (Å²) in [6, 6.07) is 0. The molecule has 0 aromatic rings. The lowest BCUT2D eigenvalue weighted by atomic mass is 10.1. The van der Waals surface area contributed by atoms with Crippen LogP contribution in [0.3, 0.4) is 0 Å². The van der Waals surface area contributed by atoms with Crippen LogP contribution in [0.25, 0.3) is 0 Å². The Morgan fingerprint density at radius 3 is 2.38 bits per heavy atom. The van der Waals surface area contributed by atoms with Gasteiger partial charge in [-0.3, -0.25) is 0 Å². The normalized spacial score (nSPS) is 12.2. The Hall–Kier alpha value is -0.780. The average Bonchev–Trinajstić information content (AvgIpc) is 2.04. The molecule has 0 atom stereocenters. The van der Waals surface area contributed by atoms with Crippen LogP contribution in [-0.2, 0) is 0 Å². The maximum absolute atomic E-state index is 2.29. The SMILES string of the molecule is CC/C=C/C=C(/C)CCC=C(C)C. The maximum Gasteiger partial charge on any atom is -0.0285 e. The largest absolute Gasteiger partial charge is 0.0856 e. The van der Waals surface area contributed by atoms with Crippen molar-refractivity contribution in [3.05, 3.63) is 35.5 Å². The highest BCUT2D eigenvalue weighted by atomic mass is 13.9. The minimum atomic E-state index is 1.12. The summed E-state index contributed by atoms with van der Waals surface area (Å²) >= 11 is 0. The van der Waals surface area contributed by atoms with E-state index in [4.69, 9.17) is 0 Å². The molecule has 0 amide bonds. The van der Waals surface area contributed by atoms with Crippen molar-refractivity contribution in [2.24, 2.45) is 0 Å². The number of rotatable bonds is 5. The van der Waals surface area contributed by atoms with E-state index in [0.717, 1.165) is 6.42 Å². The molecule has 0 nitrogen and oxygen atoms in total. The van der Waals surface area contributed by atoms with E-state index < -0.39 is 0 Å². The molecule has 0 saturated carbocycles. The molecule has 0 aromatic carbocycles. The lowest BCUT2D eigenvalue weighted by Crippen LogP contribution is -1.75. The fraction of sp³-hybridized carbons (Fsp3) is 0.538. The van der Waals surface area contributed by atoms with Gasteiger partial charge in [0.25, 0.3) is 0 Å². The van der Waals surface area contributed by atoms with Crippen molar-refractivity contribution in [2.75, 3.05) is 0 Å². The summed E-state index contributed by atoms with van der Waals surface area (Å²) < 4.78 is 0. The first-order valence-electron chi connectivity index (χ1n) is 5.12. The minimum Gasteiger partial charge on any atom is -0.0856 e. The standard InChI is InChI=1S/C13H22/c1-5-6-7-10-13(4)11-8-9-12(2)3/h6-7,9-10H,5,8,11H2,1-4H3/b7-6+,13-10-. The lowest BCUT2D eigenvalue weighted by molar-refractivity contribution is 0.967. The maximum atomic E-state index is 2.29. The zero-order valence-electron chi connectivity index (χ0n) is 9.43. The van der Waals surface area contributed by atoms with E-state index in [1.54, 1.807) is 0 Å². The van der Waals surface area contributed by atoms with E-state index in [2.05, 4.69) is 52.0 Å². The van der Waals surface area contributed by atoms with Crippen molar-refractivity contribution in [1.82, 2.24) is 0 Å². The van der Waals surface area contributed by atoms with Gasteiger partial charge < -0.3 is 0 Å². The third-order valence-electron chi connectivity index (χ3n) is 1.84. The van der Waals surface area contributed by atoms with Crippen LogP contribution in [0, 0.1) is 0 Å². The third kappa shape index (κ3) is 9.13. The molecular weight excluding hydrogens is 156 g/mol. The predicted octanol–water partition coefficient (Wildman–Crippen LogP) is 4.65. The van der Waals surface area contributed by atoms with Gasteiger partial charge in [-0.05, 0) is 40.0 Å². The Morgan fingerprint density at radius 2 is 1.85 bits per heavy atom. The van der Waals surface area contributed by atoms with Crippen LogP contribution in [0.5, 0.6) is 0 Å². The molecule has 0 saturated heterocycles. The van der Waals surface area contributed by atoms with E-state index in [1.807, 2.05) is 0 Å². The van der Waals surface area contributed by atoms with Gasteiger partial charge in [-0.25, -0.2) is 0 Å². The van der Waals surface area contributed by atoms with Crippen molar-refractivity contribution in [3.63, 3.8) is 0 Å². The van der Waals surface area contributed by atoms with Crippen LogP contribution in [-0.4, -0.2) is 0 Å². The van der Waals surface area contributed by atoms with Gasteiger partial charge in [-0.15, -0.1) is 0 Å².